The van der Waals surface area contributed by atoms with Crippen molar-refractivity contribution in [1.82, 2.24) is 18.7 Å². The van der Waals surface area contributed by atoms with Crippen LogP contribution in [0.3, 0.4) is 0 Å². The number of hydrogen-bond acceptors (Lipinski definition) is 2. The van der Waals surface area contributed by atoms with Gasteiger partial charge in [0.25, 0.3) is 6.33 Å². The Balaban J connectivity index is 1.10. The van der Waals surface area contributed by atoms with Crippen molar-refractivity contribution in [2.45, 2.75) is 0 Å². The zero-order chi connectivity index (χ0) is 39.6. The van der Waals surface area contributed by atoms with E-state index in [9.17, 15) is 0 Å². The molecule has 4 heterocycles. The van der Waals surface area contributed by atoms with E-state index in [0.29, 0.717) is 0 Å². The molecule has 0 aliphatic rings. The number of para-hydroxylation sites is 7. The van der Waals surface area contributed by atoms with Gasteiger partial charge in [0.05, 0.1) is 55.9 Å². The van der Waals surface area contributed by atoms with Crippen molar-refractivity contribution in [3.63, 3.8) is 0 Å². The first-order chi connectivity index (χ1) is 29.8. The van der Waals surface area contributed by atoms with Gasteiger partial charge in [0, 0.05) is 33.3 Å². The molecule has 282 valence electrons. The number of hydrogen-bond donors (Lipinski definition) is 0. The molecule has 4 aromatic heterocycles. The molecule has 6 nitrogen and oxygen atoms in total. The van der Waals surface area contributed by atoms with Crippen LogP contribution in [-0.2, 0) is 0 Å². The molecular weight excluding hydrogens is 735 g/mol. The predicted molar refractivity (Wildman–Crippen MR) is 242 cm³/mol. The van der Waals surface area contributed by atoms with Gasteiger partial charge in [-0.05, 0) is 78.9 Å². The van der Waals surface area contributed by atoms with Gasteiger partial charge in [0.1, 0.15) is 17.2 Å². The number of ether oxygens (including phenoxy) is 1. The van der Waals surface area contributed by atoms with Crippen LogP contribution in [0.4, 0.5) is 0 Å². The summed E-state index contributed by atoms with van der Waals surface area (Å²) >= 11 is 0. The van der Waals surface area contributed by atoms with Crippen molar-refractivity contribution >= 4 is 54.6 Å². The molecule has 0 unspecified atom stereocenters. The molecule has 0 radical (unpaired) electrons. The SMILES string of the molecule is [c-]1n(-c2cccc(Oc3cccc(-c4ccccn4)c3)c2)c2ccccc2[n+]1-c1c(-n2c3ccccc3c3ccccc32)cccc1-n1c2ccccc2c2ccccc21. The molecule has 60 heavy (non-hydrogen) atoms. The minimum atomic E-state index is 0.722. The van der Waals surface area contributed by atoms with E-state index in [1.54, 1.807) is 0 Å². The van der Waals surface area contributed by atoms with Gasteiger partial charge >= 0.3 is 0 Å². The van der Waals surface area contributed by atoms with Crippen molar-refractivity contribution in [2.24, 2.45) is 0 Å². The largest absolute Gasteiger partial charge is 0.458 e. The Labute approximate surface area is 345 Å². The van der Waals surface area contributed by atoms with Crippen molar-refractivity contribution in [2.75, 3.05) is 0 Å². The van der Waals surface area contributed by atoms with Crippen LogP contribution in [0.15, 0.2) is 212 Å². The first kappa shape index (κ1) is 33.9. The molecular formula is C54H35N5O. The first-order valence-corrected chi connectivity index (χ1v) is 20.1. The normalized spacial score (nSPS) is 11.7. The summed E-state index contributed by atoms with van der Waals surface area (Å²) in [6.45, 7) is 0. The van der Waals surface area contributed by atoms with Gasteiger partial charge in [-0.1, -0.05) is 127 Å². The van der Waals surface area contributed by atoms with Crippen LogP contribution in [-0.4, -0.2) is 18.7 Å². The maximum atomic E-state index is 6.54. The Kier molecular flexibility index (Phi) is 7.74. The molecule has 0 atom stereocenters. The maximum Gasteiger partial charge on any atom is 0.269 e. The third kappa shape index (κ3) is 5.35. The molecule has 0 aliphatic heterocycles. The lowest BCUT2D eigenvalue weighted by molar-refractivity contribution is -0.571. The van der Waals surface area contributed by atoms with Crippen LogP contribution >= 0.6 is 0 Å². The lowest BCUT2D eigenvalue weighted by atomic mass is 10.1. The van der Waals surface area contributed by atoms with Gasteiger partial charge < -0.3 is 13.9 Å². The summed E-state index contributed by atoms with van der Waals surface area (Å²) in [5.74, 6) is 1.46. The summed E-state index contributed by atoms with van der Waals surface area (Å²) in [5.41, 5.74) is 12.5. The number of imidazole rings is 1. The molecule has 0 N–H and O–H groups in total. The van der Waals surface area contributed by atoms with Crippen molar-refractivity contribution in [1.29, 1.82) is 0 Å². The average Bonchev–Trinajstić information content (AvgIpc) is 3.97. The van der Waals surface area contributed by atoms with Crippen LogP contribution in [0.2, 0.25) is 0 Å². The molecule has 0 saturated heterocycles. The Hall–Kier alpha value is -8.22. The monoisotopic (exact) mass is 769 g/mol. The Morgan fingerprint density at radius 1 is 0.433 bits per heavy atom. The van der Waals surface area contributed by atoms with Gasteiger partial charge in [0.2, 0.25) is 0 Å². The average molecular weight is 770 g/mol. The highest BCUT2D eigenvalue weighted by Gasteiger charge is 2.24. The predicted octanol–water partition coefficient (Wildman–Crippen LogP) is 12.8. The van der Waals surface area contributed by atoms with Crippen molar-refractivity contribution in [3.05, 3.63) is 219 Å². The highest BCUT2D eigenvalue weighted by Crippen LogP contribution is 2.39. The van der Waals surface area contributed by atoms with E-state index in [2.05, 4.69) is 187 Å². The second kappa shape index (κ2) is 13.7. The number of benzene rings is 8. The van der Waals surface area contributed by atoms with E-state index in [0.717, 1.165) is 78.6 Å². The van der Waals surface area contributed by atoms with E-state index in [1.165, 1.54) is 21.5 Å². The summed E-state index contributed by atoms with van der Waals surface area (Å²) in [7, 11) is 0. The number of rotatable bonds is 7. The van der Waals surface area contributed by atoms with Gasteiger partial charge in [-0.25, -0.2) is 0 Å². The molecule has 8 aromatic carbocycles. The van der Waals surface area contributed by atoms with Crippen molar-refractivity contribution < 1.29 is 9.30 Å². The molecule has 12 rings (SSSR count). The van der Waals surface area contributed by atoms with E-state index in [-0.39, 0.29) is 0 Å². The molecule has 0 amide bonds. The standard InChI is InChI=1S/C54H35N5O/c1-5-25-46-41(20-1)42-21-2-6-26-47(42)58(46)52-31-15-32-53(59-48-27-7-3-22-43(48)44-23-4-8-28-49(44)59)54(52)57-36-56(50-29-9-10-30-51(50)57)38-17-14-19-40(35-38)60-39-18-13-16-37(34-39)45-24-11-12-33-55-45/h1-35H. The fraction of sp³-hybridized carbons (Fsp3) is 0. The highest BCUT2D eigenvalue weighted by molar-refractivity contribution is 6.11. The van der Waals surface area contributed by atoms with Crippen LogP contribution in [0.5, 0.6) is 11.5 Å². The quantitative estimate of drug-likeness (QED) is 0.120. The second-order valence-electron chi connectivity index (χ2n) is 15.0. The van der Waals surface area contributed by atoms with E-state index < -0.39 is 0 Å². The minimum absolute atomic E-state index is 0.722. The van der Waals surface area contributed by atoms with Crippen LogP contribution in [0, 0.1) is 6.33 Å². The molecule has 6 heteroatoms. The molecule has 0 saturated carbocycles. The van der Waals surface area contributed by atoms with Gasteiger partial charge in [-0.2, -0.15) is 0 Å². The Morgan fingerprint density at radius 2 is 0.933 bits per heavy atom. The summed E-state index contributed by atoms with van der Waals surface area (Å²) in [4.78, 5) is 4.54. The fourth-order valence-corrected chi connectivity index (χ4v) is 8.97. The summed E-state index contributed by atoms with van der Waals surface area (Å²) in [6.07, 6.45) is 5.69. The van der Waals surface area contributed by atoms with Gasteiger partial charge in [0.15, 0.2) is 0 Å². The van der Waals surface area contributed by atoms with Crippen LogP contribution in [0.25, 0.3) is 88.7 Å². The zero-order valence-electron chi connectivity index (χ0n) is 32.4. The zero-order valence-corrected chi connectivity index (χ0v) is 32.4. The molecule has 0 fully saturated rings. The lowest BCUT2D eigenvalue weighted by Crippen LogP contribution is -2.33. The third-order valence-corrected chi connectivity index (χ3v) is 11.5. The molecule has 12 aromatic rings. The maximum absolute atomic E-state index is 6.54. The number of aromatic nitrogens is 5. The summed E-state index contributed by atoms with van der Waals surface area (Å²) in [5, 5.41) is 4.83. The topological polar surface area (TPSA) is 40.8 Å². The fourth-order valence-electron chi connectivity index (χ4n) is 8.97. The number of nitrogens with zero attached hydrogens (tertiary/aromatic N) is 5. The van der Waals surface area contributed by atoms with Crippen molar-refractivity contribution in [3.8, 4) is 45.5 Å². The third-order valence-electron chi connectivity index (χ3n) is 11.5. The molecule has 0 spiro atoms. The number of fused-ring (bicyclic) bond motifs is 7. The highest BCUT2D eigenvalue weighted by atomic mass is 16.5. The second-order valence-corrected chi connectivity index (χ2v) is 15.0. The lowest BCUT2D eigenvalue weighted by Gasteiger charge is -2.20. The van der Waals surface area contributed by atoms with Gasteiger partial charge in [-0.3, -0.25) is 14.1 Å². The molecule has 0 bridgehead atoms. The van der Waals surface area contributed by atoms with Crippen LogP contribution in [0.1, 0.15) is 0 Å². The number of pyridine rings is 1. The summed E-state index contributed by atoms with van der Waals surface area (Å²) < 4.78 is 15.8. The summed E-state index contributed by atoms with van der Waals surface area (Å²) in [6, 6.07) is 72.2. The Morgan fingerprint density at radius 3 is 1.52 bits per heavy atom. The van der Waals surface area contributed by atoms with Crippen LogP contribution < -0.4 is 9.30 Å². The minimum Gasteiger partial charge on any atom is -0.458 e. The first-order valence-electron chi connectivity index (χ1n) is 20.1. The van der Waals surface area contributed by atoms with E-state index >= 15 is 0 Å². The Bertz CT molecular complexity index is 3360. The van der Waals surface area contributed by atoms with E-state index in [1.807, 2.05) is 54.7 Å². The molecule has 0 aliphatic carbocycles. The van der Waals surface area contributed by atoms with E-state index in [4.69, 9.17) is 4.74 Å². The van der Waals surface area contributed by atoms with Gasteiger partial charge in [-0.15, -0.1) is 0 Å². The smallest absolute Gasteiger partial charge is 0.269 e.